The fraction of sp³-hybridized carbons (Fsp3) is 0.0667. The highest BCUT2D eigenvalue weighted by Gasteiger charge is 2.04. The minimum absolute atomic E-state index is 0.368. The third-order valence-corrected chi connectivity index (χ3v) is 3.73. The molecule has 0 atom stereocenters. The Morgan fingerprint density at radius 1 is 1.05 bits per heavy atom. The molecule has 2 aromatic rings. The van der Waals surface area contributed by atoms with E-state index in [0.717, 1.165) is 15.7 Å². The minimum Gasteiger partial charge on any atom is -0.381 e. The first-order valence-electron chi connectivity index (χ1n) is 5.76. The van der Waals surface area contributed by atoms with Gasteiger partial charge in [-0.05, 0) is 35.9 Å². The van der Waals surface area contributed by atoms with Gasteiger partial charge in [-0.25, -0.2) is 0 Å². The number of rotatable bonds is 3. The Morgan fingerprint density at radius 3 is 2.45 bits per heavy atom. The van der Waals surface area contributed by atoms with Crippen molar-refractivity contribution in [3.8, 4) is 12.1 Å². The second-order valence-corrected chi connectivity index (χ2v) is 5.36. The molecule has 0 saturated heterocycles. The minimum atomic E-state index is 0.368. The molecule has 0 aliphatic carbocycles. The maximum atomic E-state index is 8.98. The van der Waals surface area contributed by atoms with Gasteiger partial charge >= 0.3 is 0 Å². The van der Waals surface area contributed by atoms with Gasteiger partial charge in [0.25, 0.3) is 0 Å². The average molecular weight is 347 g/mol. The van der Waals surface area contributed by atoms with Crippen LogP contribution in [0.25, 0.3) is 0 Å². The molecule has 20 heavy (non-hydrogen) atoms. The van der Waals surface area contributed by atoms with E-state index in [1.165, 1.54) is 0 Å². The molecular formula is C15H9BrClN3. The number of nitrogens with zero attached hydrogens (tertiary/aromatic N) is 2. The molecule has 0 unspecified atom stereocenters. The fourth-order valence-electron chi connectivity index (χ4n) is 1.71. The Kier molecular flexibility index (Phi) is 4.63. The maximum absolute atomic E-state index is 8.98. The zero-order valence-corrected chi connectivity index (χ0v) is 12.7. The molecule has 0 heterocycles. The first kappa shape index (κ1) is 14.4. The zero-order valence-electron chi connectivity index (χ0n) is 10.3. The smallest absolute Gasteiger partial charge is 0.101 e. The highest BCUT2D eigenvalue weighted by Crippen LogP contribution is 2.23. The highest BCUT2D eigenvalue weighted by atomic mass is 79.9. The Bertz CT molecular complexity index is 729. The number of benzene rings is 2. The van der Waals surface area contributed by atoms with Crippen LogP contribution in [0.4, 0.5) is 5.69 Å². The highest BCUT2D eigenvalue weighted by molar-refractivity contribution is 9.10. The van der Waals surface area contributed by atoms with Gasteiger partial charge in [-0.2, -0.15) is 10.5 Å². The molecule has 0 radical (unpaired) electrons. The molecule has 2 rings (SSSR count). The molecule has 2 aromatic carbocycles. The summed E-state index contributed by atoms with van der Waals surface area (Å²) in [6, 6.07) is 14.7. The quantitative estimate of drug-likeness (QED) is 0.892. The molecule has 5 heteroatoms. The third kappa shape index (κ3) is 3.30. The van der Waals surface area contributed by atoms with Crippen LogP contribution < -0.4 is 5.32 Å². The normalized spacial score (nSPS) is 9.60. The van der Waals surface area contributed by atoms with E-state index in [4.69, 9.17) is 22.1 Å². The topological polar surface area (TPSA) is 59.6 Å². The molecule has 0 spiro atoms. The van der Waals surface area contributed by atoms with Crippen LogP contribution in [0, 0.1) is 22.7 Å². The Labute approximate surface area is 130 Å². The van der Waals surface area contributed by atoms with E-state index in [2.05, 4.69) is 21.2 Å². The van der Waals surface area contributed by atoms with Gasteiger partial charge in [0.15, 0.2) is 0 Å². The first-order chi connectivity index (χ1) is 9.63. The number of nitrogens with one attached hydrogen (secondary N) is 1. The third-order valence-electron chi connectivity index (χ3n) is 2.76. The number of hydrogen-bond donors (Lipinski definition) is 1. The predicted molar refractivity (Wildman–Crippen MR) is 82.4 cm³/mol. The molecule has 3 nitrogen and oxygen atoms in total. The standard InChI is InChI=1S/C15H9BrClN3/c16-15-6-13(17)3-1-11(15)9-20-14-4-2-10(7-18)12(5-14)8-19/h1-6,20H,9H2. The average Bonchev–Trinajstić information content (AvgIpc) is 2.46. The number of halogens is 2. The first-order valence-corrected chi connectivity index (χ1v) is 6.93. The van der Waals surface area contributed by atoms with E-state index in [1.807, 2.05) is 30.3 Å². The Morgan fingerprint density at radius 2 is 1.80 bits per heavy atom. The van der Waals surface area contributed by atoms with Gasteiger partial charge < -0.3 is 5.32 Å². The number of anilines is 1. The lowest BCUT2D eigenvalue weighted by Gasteiger charge is -2.09. The summed E-state index contributed by atoms with van der Waals surface area (Å²) in [4.78, 5) is 0. The lowest BCUT2D eigenvalue weighted by Crippen LogP contribution is -2.01. The van der Waals surface area contributed by atoms with Gasteiger partial charge in [0.2, 0.25) is 0 Å². The van der Waals surface area contributed by atoms with Crippen molar-refractivity contribution in [1.82, 2.24) is 0 Å². The van der Waals surface area contributed by atoms with Crippen LogP contribution in [0.15, 0.2) is 40.9 Å². The van der Waals surface area contributed by atoms with Crippen LogP contribution in [0.2, 0.25) is 5.02 Å². The maximum Gasteiger partial charge on any atom is 0.101 e. The molecule has 1 N–H and O–H groups in total. The number of nitriles is 2. The van der Waals surface area contributed by atoms with Crippen molar-refractivity contribution in [2.45, 2.75) is 6.54 Å². The molecule has 98 valence electrons. The SMILES string of the molecule is N#Cc1ccc(NCc2ccc(Cl)cc2Br)cc1C#N. The number of hydrogen-bond acceptors (Lipinski definition) is 3. The van der Waals surface area contributed by atoms with Crippen molar-refractivity contribution < 1.29 is 0 Å². The van der Waals surface area contributed by atoms with Gasteiger partial charge in [-0.3, -0.25) is 0 Å². The van der Waals surface area contributed by atoms with Crippen LogP contribution in [-0.4, -0.2) is 0 Å². The lowest BCUT2D eigenvalue weighted by molar-refractivity contribution is 1.14. The zero-order chi connectivity index (χ0) is 14.5. The van der Waals surface area contributed by atoms with Gasteiger partial charge in [0.1, 0.15) is 12.1 Å². The van der Waals surface area contributed by atoms with Gasteiger partial charge in [0, 0.05) is 21.7 Å². The van der Waals surface area contributed by atoms with Gasteiger partial charge in [0.05, 0.1) is 11.1 Å². The summed E-state index contributed by atoms with van der Waals surface area (Å²) < 4.78 is 0.923. The summed E-state index contributed by atoms with van der Waals surface area (Å²) in [5.41, 5.74) is 2.60. The lowest BCUT2D eigenvalue weighted by atomic mass is 10.1. The van der Waals surface area contributed by atoms with Crippen molar-refractivity contribution in [3.05, 3.63) is 62.6 Å². The van der Waals surface area contributed by atoms with Crippen molar-refractivity contribution in [3.63, 3.8) is 0 Å². The van der Waals surface area contributed by atoms with E-state index < -0.39 is 0 Å². The van der Waals surface area contributed by atoms with Crippen LogP contribution in [0.3, 0.4) is 0 Å². The van der Waals surface area contributed by atoms with Gasteiger partial charge in [-0.15, -0.1) is 0 Å². The summed E-state index contributed by atoms with van der Waals surface area (Å²) in [5.74, 6) is 0. The summed E-state index contributed by atoms with van der Waals surface area (Å²) in [6.45, 7) is 0.592. The molecule has 0 saturated carbocycles. The van der Waals surface area contributed by atoms with Crippen molar-refractivity contribution in [1.29, 1.82) is 10.5 Å². The van der Waals surface area contributed by atoms with Crippen LogP contribution in [0.1, 0.15) is 16.7 Å². The molecule has 0 aliphatic heterocycles. The van der Waals surface area contributed by atoms with Crippen molar-refractivity contribution in [2.24, 2.45) is 0 Å². The van der Waals surface area contributed by atoms with E-state index in [0.29, 0.717) is 22.7 Å². The van der Waals surface area contributed by atoms with Crippen LogP contribution in [-0.2, 0) is 6.54 Å². The van der Waals surface area contributed by atoms with E-state index >= 15 is 0 Å². The largest absolute Gasteiger partial charge is 0.381 e. The summed E-state index contributed by atoms with van der Waals surface area (Å²) in [7, 11) is 0. The second kappa shape index (κ2) is 6.43. The van der Waals surface area contributed by atoms with Crippen molar-refractivity contribution >= 4 is 33.2 Å². The van der Waals surface area contributed by atoms with Crippen LogP contribution in [0.5, 0.6) is 0 Å². The molecule has 0 fully saturated rings. The molecule has 0 amide bonds. The van der Waals surface area contributed by atoms with Crippen molar-refractivity contribution in [2.75, 3.05) is 5.32 Å². The van der Waals surface area contributed by atoms with E-state index in [9.17, 15) is 0 Å². The van der Waals surface area contributed by atoms with Crippen LogP contribution >= 0.6 is 27.5 Å². The van der Waals surface area contributed by atoms with Gasteiger partial charge in [-0.1, -0.05) is 33.6 Å². The summed E-state index contributed by atoms with van der Waals surface area (Å²) in [6.07, 6.45) is 0. The molecule has 0 aliphatic rings. The molecule has 0 aromatic heterocycles. The summed E-state index contributed by atoms with van der Waals surface area (Å²) >= 11 is 9.34. The van der Waals surface area contributed by atoms with E-state index in [1.54, 1.807) is 18.2 Å². The van der Waals surface area contributed by atoms with E-state index in [-0.39, 0.29) is 0 Å². The predicted octanol–water partition coefficient (Wildman–Crippen LogP) is 4.46. The fourth-order valence-corrected chi connectivity index (χ4v) is 2.53. The monoisotopic (exact) mass is 345 g/mol. The Balaban J connectivity index is 2.16. The molecular weight excluding hydrogens is 338 g/mol. The summed E-state index contributed by atoms with van der Waals surface area (Å²) in [5, 5.41) is 21.7. The Hall–Kier alpha value is -2.01. The second-order valence-electron chi connectivity index (χ2n) is 4.07. The molecule has 0 bridgehead atoms.